The molecule has 0 aliphatic carbocycles. The maximum absolute atomic E-state index is 4.39. The van der Waals surface area contributed by atoms with Crippen LogP contribution in [0, 0.1) is 12.8 Å². The SMILES string of the molecule is CN=C(NCC1CCCN(C(C)C)C1)NCC(C)c1cccc(C)c1.I. The smallest absolute Gasteiger partial charge is 0.191 e. The average Bonchev–Trinajstić information content (AvgIpc) is 2.61. The van der Waals surface area contributed by atoms with E-state index in [1.807, 2.05) is 7.05 Å². The van der Waals surface area contributed by atoms with E-state index >= 15 is 0 Å². The van der Waals surface area contributed by atoms with Gasteiger partial charge in [0.05, 0.1) is 0 Å². The monoisotopic (exact) mass is 472 g/mol. The number of benzene rings is 1. The Morgan fingerprint density at radius 1 is 1.27 bits per heavy atom. The topological polar surface area (TPSA) is 39.7 Å². The van der Waals surface area contributed by atoms with Gasteiger partial charge >= 0.3 is 0 Å². The normalized spacial score (nSPS) is 19.8. The van der Waals surface area contributed by atoms with Gasteiger partial charge in [-0.05, 0) is 57.6 Å². The summed E-state index contributed by atoms with van der Waals surface area (Å²) >= 11 is 0. The molecule has 2 rings (SSSR count). The Hall–Kier alpha value is -0.820. The Morgan fingerprint density at radius 3 is 2.69 bits per heavy atom. The van der Waals surface area contributed by atoms with Crippen molar-refractivity contribution in [3.05, 3.63) is 35.4 Å². The van der Waals surface area contributed by atoms with Crippen molar-refractivity contribution in [1.82, 2.24) is 15.5 Å². The Balaban J connectivity index is 0.00000338. The van der Waals surface area contributed by atoms with E-state index in [4.69, 9.17) is 0 Å². The summed E-state index contributed by atoms with van der Waals surface area (Å²) in [6.45, 7) is 13.3. The highest BCUT2D eigenvalue weighted by molar-refractivity contribution is 14.0. The summed E-state index contributed by atoms with van der Waals surface area (Å²) in [5.41, 5.74) is 2.70. The summed E-state index contributed by atoms with van der Waals surface area (Å²) in [4.78, 5) is 6.98. The maximum Gasteiger partial charge on any atom is 0.191 e. The lowest BCUT2D eigenvalue weighted by Gasteiger charge is -2.35. The van der Waals surface area contributed by atoms with Crippen LogP contribution in [0.1, 0.15) is 50.7 Å². The highest BCUT2D eigenvalue weighted by atomic mass is 127. The van der Waals surface area contributed by atoms with E-state index in [-0.39, 0.29) is 24.0 Å². The molecule has 1 aliphatic rings. The van der Waals surface area contributed by atoms with Crippen LogP contribution in [0.3, 0.4) is 0 Å². The number of rotatable bonds is 6. The first-order chi connectivity index (χ1) is 12.0. The number of nitrogens with zero attached hydrogens (tertiary/aromatic N) is 2. The molecule has 1 fully saturated rings. The molecule has 2 N–H and O–H groups in total. The van der Waals surface area contributed by atoms with Gasteiger partial charge in [-0.3, -0.25) is 4.99 Å². The summed E-state index contributed by atoms with van der Waals surface area (Å²) in [7, 11) is 1.86. The molecule has 1 saturated heterocycles. The number of hydrogen-bond acceptors (Lipinski definition) is 2. The highest BCUT2D eigenvalue weighted by Crippen LogP contribution is 2.18. The molecule has 2 atom stereocenters. The van der Waals surface area contributed by atoms with E-state index in [1.165, 1.54) is 37.1 Å². The molecule has 4 nitrogen and oxygen atoms in total. The predicted molar refractivity (Wildman–Crippen MR) is 124 cm³/mol. The van der Waals surface area contributed by atoms with Gasteiger partial charge in [0.25, 0.3) is 0 Å². The van der Waals surface area contributed by atoms with Gasteiger partial charge in [0.1, 0.15) is 0 Å². The third-order valence-corrected chi connectivity index (χ3v) is 5.25. The Morgan fingerprint density at radius 2 is 2.04 bits per heavy atom. The standard InChI is InChI=1S/C21H36N4.HI/c1-16(2)25-11-7-9-19(15-25)14-24-21(22-5)23-13-18(4)20-10-6-8-17(3)12-20;/h6,8,10,12,16,18-19H,7,9,11,13-15H2,1-5H3,(H2,22,23,24);1H. The van der Waals surface area contributed by atoms with Crippen LogP contribution < -0.4 is 10.6 Å². The van der Waals surface area contributed by atoms with E-state index in [0.717, 1.165) is 19.0 Å². The minimum Gasteiger partial charge on any atom is -0.356 e. The van der Waals surface area contributed by atoms with E-state index in [2.05, 4.69) is 72.5 Å². The van der Waals surface area contributed by atoms with Crippen molar-refractivity contribution in [3.8, 4) is 0 Å². The third kappa shape index (κ3) is 7.43. The summed E-state index contributed by atoms with van der Waals surface area (Å²) in [6.07, 6.45) is 2.62. The van der Waals surface area contributed by atoms with Crippen molar-refractivity contribution in [3.63, 3.8) is 0 Å². The van der Waals surface area contributed by atoms with Crippen LogP contribution in [0.5, 0.6) is 0 Å². The van der Waals surface area contributed by atoms with Gasteiger partial charge in [0.2, 0.25) is 0 Å². The van der Waals surface area contributed by atoms with Gasteiger partial charge in [-0.25, -0.2) is 0 Å². The first kappa shape index (κ1) is 23.2. The Bertz CT molecular complexity index is 559. The molecule has 0 amide bonds. The number of halogens is 1. The molecule has 1 heterocycles. The average molecular weight is 472 g/mol. The van der Waals surface area contributed by atoms with Gasteiger partial charge in [-0.15, -0.1) is 24.0 Å². The van der Waals surface area contributed by atoms with Crippen LogP contribution >= 0.6 is 24.0 Å². The van der Waals surface area contributed by atoms with Gasteiger partial charge in [-0.2, -0.15) is 0 Å². The van der Waals surface area contributed by atoms with Gasteiger partial charge in [-0.1, -0.05) is 36.8 Å². The fourth-order valence-electron chi connectivity index (χ4n) is 3.54. The van der Waals surface area contributed by atoms with Gasteiger partial charge < -0.3 is 15.5 Å². The van der Waals surface area contributed by atoms with Crippen LogP contribution in [0.15, 0.2) is 29.3 Å². The molecule has 1 aliphatic heterocycles. The highest BCUT2D eigenvalue weighted by Gasteiger charge is 2.21. The van der Waals surface area contributed by atoms with Crippen molar-refractivity contribution >= 4 is 29.9 Å². The number of hydrogen-bond donors (Lipinski definition) is 2. The van der Waals surface area contributed by atoms with Crippen molar-refractivity contribution in [2.75, 3.05) is 33.2 Å². The summed E-state index contributed by atoms with van der Waals surface area (Å²) < 4.78 is 0. The Labute approximate surface area is 177 Å². The summed E-state index contributed by atoms with van der Waals surface area (Å²) in [5.74, 6) is 2.09. The number of guanidine groups is 1. The second kappa shape index (κ2) is 11.8. The van der Waals surface area contributed by atoms with Gasteiger partial charge in [0.15, 0.2) is 5.96 Å². The number of likely N-dealkylation sites (tertiary alicyclic amines) is 1. The predicted octanol–water partition coefficient (Wildman–Crippen LogP) is 4.00. The van der Waals surface area contributed by atoms with E-state index in [9.17, 15) is 0 Å². The van der Waals surface area contributed by atoms with Crippen molar-refractivity contribution in [2.24, 2.45) is 10.9 Å². The number of piperidine rings is 1. The fourth-order valence-corrected chi connectivity index (χ4v) is 3.54. The molecule has 1 aromatic carbocycles. The van der Waals surface area contributed by atoms with Crippen LogP contribution in [0.25, 0.3) is 0 Å². The van der Waals surface area contributed by atoms with Crippen LogP contribution in [-0.4, -0.2) is 50.1 Å². The lowest BCUT2D eigenvalue weighted by atomic mass is 9.97. The Kier molecular flexibility index (Phi) is 10.5. The minimum atomic E-state index is 0. The van der Waals surface area contributed by atoms with Crippen molar-refractivity contribution < 1.29 is 0 Å². The van der Waals surface area contributed by atoms with E-state index in [0.29, 0.717) is 17.9 Å². The largest absolute Gasteiger partial charge is 0.356 e. The molecule has 0 spiro atoms. The van der Waals surface area contributed by atoms with Gasteiger partial charge in [0, 0.05) is 32.7 Å². The van der Waals surface area contributed by atoms with E-state index in [1.54, 1.807) is 0 Å². The second-order valence-electron chi connectivity index (χ2n) is 7.75. The molecule has 0 saturated carbocycles. The number of aliphatic imine (C=N–C) groups is 1. The molecule has 0 bridgehead atoms. The summed E-state index contributed by atoms with van der Waals surface area (Å²) in [6, 6.07) is 9.41. The first-order valence-electron chi connectivity index (χ1n) is 9.74. The number of aryl methyl sites for hydroxylation is 1. The lowest BCUT2D eigenvalue weighted by Crippen LogP contribution is -2.46. The molecule has 2 unspecified atom stereocenters. The summed E-state index contributed by atoms with van der Waals surface area (Å²) in [5, 5.41) is 7.02. The van der Waals surface area contributed by atoms with Crippen LogP contribution in [0.4, 0.5) is 0 Å². The molecule has 0 radical (unpaired) electrons. The fraction of sp³-hybridized carbons (Fsp3) is 0.667. The first-order valence-corrected chi connectivity index (χ1v) is 9.74. The molecule has 0 aromatic heterocycles. The molecular formula is C21H37IN4. The van der Waals surface area contributed by atoms with E-state index < -0.39 is 0 Å². The maximum atomic E-state index is 4.39. The zero-order chi connectivity index (χ0) is 18.2. The molecule has 1 aromatic rings. The minimum absolute atomic E-state index is 0. The molecule has 26 heavy (non-hydrogen) atoms. The van der Waals surface area contributed by atoms with Crippen molar-refractivity contribution in [1.29, 1.82) is 0 Å². The molecular weight excluding hydrogens is 435 g/mol. The zero-order valence-electron chi connectivity index (χ0n) is 17.1. The third-order valence-electron chi connectivity index (χ3n) is 5.25. The second-order valence-corrected chi connectivity index (χ2v) is 7.75. The van der Waals surface area contributed by atoms with Crippen LogP contribution in [0.2, 0.25) is 0 Å². The van der Waals surface area contributed by atoms with Crippen molar-refractivity contribution in [2.45, 2.75) is 52.5 Å². The van der Waals surface area contributed by atoms with Crippen LogP contribution in [-0.2, 0) is 0 Å². The number of nitrogens with one attached hydrogen (secondary N) is 2. The lowest BCUT2D eigenvalue weighted by molar-refractivity contribution is 0.141. The quantitative estimate of drug-likeness (QED) is 0.374. The molecule has 148 valence electrons. The molecule has 5 heteroatoms. The zero-order valence-corrected chi connectivity index (χ0v) is 19.4.